The maximum absolute atomic E-state index is 13.8. The van der Waals surface area contributed by atoms with Crippen molar-refractivity contribution in [3.8, 4) is 5.75 Å². The molecule has 0 bridgehead atoms. The van der Waals surface area contributed by atoms with Crippen LogP contribution in [0.2, 0.25) is 0 Å². The minimum atomic E-state index is -0.795. The first kappa shape index (κ1) is 19.6. The summed E-state index contributed by atoms with van der Waals surface area (Å²) in [5.74, 6) is -1.53. The lowest BCUT2D eigenvalue weighted by Crippen LogP contribution is -2.22. The summed E-state index contributed by atoms with van der Waals surface area (Å²) < 4.78 is 19.4. The second-order valence-electron chi connectivity index (χ2n) is 6.68. The largest absolute Gasteiger partial charge is 0.505 e. The Kier molecular flexibility index (Phi) is 6.11. The van der Waals surface area contributed by atoms with Crippen LogP contribution in [0.1, 0.15) is 25.0 Å². The van der Waals surface area contributed by atoms with Gasteiger partial charge in [-0.05, 0) is 41.5 Å². The number of fused-ring (bicyclic) bond motifs is 1. The molecule has 0 aromatic heterocycles. The van der Waals surface area contributed by atoms with Gasteiger partial charge in [-0.15, -0.1) is 0 Å². The number of hydrogen-bond donors (Lipinski definition) is 3. The molecule has 0 fully saturated rings. The van der Waals surface area contributed by atoms with Gasteiger partial charge in [0.2, 0.25) is 0 Å². The number of anilines is 1. The van der Waals surface area contributed by atoms with E-state index in [1.807, 2.05) is 36.4 Å². The van der Waals surface area contributed by atoms with Crippen LogP contribution in [-0.4, -0.2) is 22.9 Å². The standard InChI is InChI=1S/C22H22FNO4/c1-14(11-12-25)21(16-9-10-20(26)18(23)13-16)28-22(27)24-19-8-4-6-15-5-2-3-7-17(15)19/h2-10,13-14,21,25-26H,11-12H2,1H3,(H,24,27)/t14-,21+/m1/s1. The van der Waals surface area contributed by atoms with Crippen LogP contribution in [-0.2, 0) is 4.74 Å². The molecule has 0 aliphatic heterocycles. The van der Waals surface area contributed by atoms with Gasteiger partial charge in [-0.3, -0.25) is 5.32 Å². The van der Waals surface area contributed by atoms with Gasteiger partial charge in [0.25, 0.3) is 0 Å². The Bertz CT molecular complexity index is 970. The van der Waals surface area contributed by atoms with E-state index in [0.717, 1.165) is 16.8 Å². The fourth-order valence-electron chi connectivity index (χ4n) is 3.16. The molecule has 1 amide bonds. The Morgan fingerprint density at radius 1 is 1.14 bits per heavy atom. The van der Waals surface area contributed by atoms with Crippen LogP contribution < -0.4 is 5.32 Å². The fraction of sp³-hybridized carbons (Fsp3) is 0.227. The van der Waals surface area contributed by atoms with E-state index in [4.69, 9.17) is 4.74 Å². The quantitative estimate of drug-likeness (QED) is 0.560. The highest BCUT2D eigenvalue weighted by Crippen LogP contribution is 2.32. The van der Waals surface area contributed by atoms with Gasteiger partial charge >= 0.3 is 6.09 Å². The lowest BCUT2D eigenvalue weighted by molar-refractivity contribution is 0.0665. The fourth-order valence-corrected chi connectivity index (χ4v) is 3.16. The smallest absolute Gasteiger partial charge is 0.412 e. The third kappa shape index (κ3) is 4.40. The zero-order chi connectivity index (χ0) is 20.1. The lowest BCUT2D eigenvalue weighted by Gasteiger charge is -2.24. The van der Waals surface area contributed by atoms with Crippen molar-refractivity contribution in [3.05, 3.63) is 72.0 Å². The maximum Gasteiger partial charge on any atom is 0.412 e. The minimum absolute atomic E-state index is 0.0907. The summed E-state index contributed by atoms with van der Waals surface area (Å²) in [7, 11) is 0. The van der Waals surface area contributed by atoms with Crippen molar-refractivity contribution in [3.63, 3.8) is 0 Å². The molecule has 0 aliphatic rings. The number of carbonyl (C=O) groups is 1. The summed E-state index contributed by atoms with van der Waals surface area (Å²) in [5, 5.41) is 23.3. The van der Waals surface area contributed by atoms with E-state index in [1.165, 1.54) is 12.1 Å². The van der Waals surface area contributed by atoms with Gasteiger partial charge < -0.3 is 14.9 Å². The van der Waals surface area contributed by atoms with E-state index in [0.29, 0.717) is 17.7 Å². The molecule has 3 N–H and O–H groups in total. The summed E-state index contributed by atoms with van der Waals surface area (Å²) in [6.07, 6.45) is -1.09. The molecule has 146 valence electrons. The Hall–Kier alpha value is -3.12. The normalized spacial score (nSPS) is 13.1. The molecular weight excluding hydrogens is 361 g/mol. The molecule has 2 atom stereocenters. The van der Waals surface area contributed by atoms with E-state index in [9.17, 15) is 19.4 Å². The molecule has 0 saturated carbocycles. The third-order valence-corrected chi connectivity index (χ3v) is 4.66. The van der Waals surface area contributed by atoms with Crippen LogP contribution in [0, 0.1) is 11.7 Å². The molecule has 28 heavy (non-hydrogen) atoms. The van der Waals surface area contributed by atoms with Crippen LogP contribution in [0.5, 0.6) is 5.75 Å². The summed E-state index contributed by atoms with van der Waals surface area (Å²) in [6.45, 7) is 1.71. The van der Waals surface area contributed by atoms with E-state index in [-0.39, 0.29) is 12.5 Å². The molecule has 0 saturated heterocycles. The number of carbonyl (C=O) groups excluding carboxylic acids is 1. The number of aliphatic hydroxyl groups is 1. The first-order valence-corrected chi connectivity index (χ1v) is 9.04. The second-order valence-corrected chi connectivity index (χ2v) is 6.68. The number of nitrogens with one attached hydrogen (secondary N) is 1. The average Bonchev–Trinajstić information content (AvgIpc) is 2.69. The molecule has 3 aromatic rings. The van der Waals surface area contributed by atoms with Crippen LogP contribution in [0.3, 0.4) is 0 Å². The zero-order valence-corrected chi connectivity index (χ0v) is 15.4. The van der Waals surface area contributed by atoms with Crippen LogP contribution >= 0.6 is 0 Å². The number of phenolic OH excluding ortho intramolecular Hbond substituents is 1. The van der Waals surface area contributed by atoms with Crippen molar-refractivity contribution in [1.82, 2.24) is 0 Å². The predicted molar refractivity (Wildman–Crippen MR) is 106 cm³/mol. The van der Waals surface area contributed by atoms with Gasteiger partial charge in [-0.2, -0.15) is 0 Å². The number of halogens is 1. The van der Waals surface area contributed by atoms with Gasteiger partial charge in [0.05, 0.1) is 5.69 Å². The van der Waals surface area contributed by atoms with E-state index in [1.54, 1.807) is 13.0 Å². The van der Waals surface area contributed by atoms with E-state index >= 15 is 0 Å². The van der Waals surface area contributed by atoms with Crippen molar-refractivity contribution in [2.45, 2.75) is 19.4 Å². The van der Waals surface area contributed by atoms with Crippen molar-refractivity contribution < 1.29 is 24.1 Å². The molecule has 3 rings (SSSR count). The summed E-state index contributed by atoms with van der Waals surface area (Å²) in [5.41, 5.74) is 1.01. The number of rotatable bonds is 6. The van der Waals surface area contributed by atoms with Crippen molar-refractivity contribution >= 4 is 22.6 Å². The number of ether oxygens (including phenoxy) is 1. The van der Waals surface area contributed by atoms with E-state index < -0.39 is 23.8 Å². The number of amides is 1. The SMILES string of the molecule is C[C@H](CCO)[C@H](OC(=O)Nc1cccc2ccccc12)c1ccc(O)c(F)c1. The van der Waals surface area contributed by atoms with Crippen molar-refractivity contribution in [2.24, 2.45) is 5.92 Å². The maximum atomic E-state index is 13.8. The van der Waals surface area contributed by atoms with Crippen molar-refractivity contribution in [2.75, 3.05) is 11.9 Å². The molecule has 0 aliphatic carbocycles. The van der Waals surface area contributed by atoms with Gasteiger partial charge in [-0.1, -0.05) is 49.4 Å². The first-order chi connectivity index (χ1) is 13.5. The van der Waals surface area contributed by atoms with Crippen LogP contribution in [0.15, 0.2) is 60.7 Å². The molecule has 3 aromatic carbocycles. The Labute approximate surface area is 162 Å². The molecule has 0 heterocycles. The van der Waals surface area contributed by atoms with Crippen LogP contribution in [0.4, 0.5) is 14.9 Å². The summed E-state index contributed by atoms with van der Waals surface area (Å²) >= 11 is 0. The van der Waals surface area contributed by atoms with E-state index in [2.05, 4.69) is 5.32 Å². The number of hydrogen-bond acceptors (Lipinski definition) is 4. The monoisotopic (exact) mass is 383 g/mol. The lowest BCUT2D eigenvalue weighted by atomic mass is 9.94. The molecule has 6 heteroatoms. The van der Waals surface area contributed by atoms with Gasteiger partial charge in [0, 0.05) is 12.0 Å². The van der Waals surface area contributed by atoms with Gasteiger partial charge in [0.15, 0.2) is 11.6 Å². The highest BCUT2D eigenvalue weighted by atomic mass is 19.1. The number of benzene rings is 3. The van der Waals surface area contributed by atoms with Crippen molar-refractivity contribution in [1.29, 1.82) is 0 Å². The predicted octanol–water partition coefficient (Wildman–Crippen LogP) is 4.99. The summed E-state index contributed by atoms with van der Waals surface area (Å²) in [6, 6.07) is 17.0. The number of aliphatic hydroxyl groups excluding tert-OH is 1. The number of aromatic hydroxyl groups is 1. The second kappa shape index (κ2) is 8.71. The van der Waals surface area contributed by atoms with Crippen LogP contribution in [0.25, 0.3) is 10.8 Å². The Morgan fingerprint density at radius 2 is 1.89 bits per heavy atom. The van der Waals surface area contributed by atoms with Gasteiger partial charge in [-0.25, -0.2) is 9.18 Å². The molecular formula is C22H22FNO4. The zero-order valence-electron chi connectivity index (χ0n) is 15.4. The first-order valence-electron chi connectivity index (χ1n) is 9.04. The van der Waals surface area contributed by atoms with Gasteiger partial charge in [0.1, 0.15) is 6.10 Å². The minimum Gasteiger partial charge on any atom is -0.505 e. The Balaban J connectivity index is 1.83. The molecule has 0 radical (unpaired) electrons. The Morgan fingerprint density at radius 3 is 2.64 bits per heavy atom. The number of phenols is 1. The molecule has 0 spiro atoms. The topological polar surface area (TPSA) is 78.8 Å². The average molecular weight is 383 g/mol. The molecule has 0 unspecified atom stereocenters. The summed E-state index contributed by atoms with van der Waals surface area (Å²) in [4.78, 5) is 12.6. The highest BCUT2D eigenvalue weighted by molar-refractivity contribution is 6.00. The third-order valence-electron chi connectivity index (χ3n) is 4.66. The highest BCUT2D eigenvalue weighted by Gasteiger charge is 2.25. The molecule has 5 nitrogen and oxygen atoms in total.